The molecule has 3 aromatic carbocycles. The van der Waals surface area contributed by atoms with Crippen LogP contribution in [-0.2, 0) is 9.59 Å². The summed E-state index contributed by atoms with van der Waals surface area (Å²) < 4.78 is 11.2. The van der Waals surface area contributed by atoms with Crippen LogP contribution in [0.1, 0.15) is 42.1 Å². The molecule has 1 aliphatic rings. The van der Waals surface area contributed by atoms with Crippen molar-refractivity contribution in [1.29, 1.82) is 0 Å². The number of amides is 1. The molecule has 36 heavy (non-hydrogen) atoms. The number of benzene rings is 3. The highest BCUT2D eigenvalue weighted by Gasteiger charge is 2.47. The summed E-state index contributed by atoms with van der Waals surface area (Å²) in [6, 6.07) is 19.2. The van der Waals surface area contributed by atoms with Gasteiger partial charge in [0.05, 0.1) is 30.9 Å². The number of Topliss-reactive ketones (excluding diaryl/α,β-unsaturated/α-hetero) is 1. The lowest BCUT2D eigenvalue weighted by atomic mass is 9.93. The number of aliphatic hydroxyl groups is 1. The van der Waals surface area contributed by atoms with Crippen LogP contribution >= 0.6 is 0 Å². The van der Waals surface area contributed by atoms with Gasteiger partial charge in [-0.1, -0.05) is 55.3 Å². The van der Waals surface area contributed by atoms with Crippen LogP contribution < -0.4 is 14.4 Å². The first-order chi connectivity index (χ1) is 17.2. The van der Waals surface area contributed by atoms with E-state index in [1.165, 1.54) is 12.0 Å². The number of nitrogens with zero attached hydrogens (tertiary/aromatic N) is 1. The summed E-state index contributed by atoms with van der Waals surface area (Å²) in [6.45, 7) is 8.54. The van der Waals surface area contributed by atoms with Crippen molar-refractivity contribution >= 4 is 23.1 Å². The van der Waals surface area contributed by atoms with Crippen LogP contribution in [0.5, 0.6) is 11.5 Å². The van der Waals surface area contributed by atoms with Gasteiger partial charge < -0.3 is 14.6 Å². The van der Waals surface area contributed by atoms with Gasteiger partial charge in [-0.25, -0.2) is 0 Å². The molecule has 1 amide bonds. The Morgan fingerprint density at radius 2 is 1.67 bits per heavy atom. The smallest absolute Gasteiger partial charge is 0.300 e. The van der Waals surface area contributed by atoms with E-state index in [1.54, 1.807) is 36.4 Å². The number of aliphatic hydroxyl groups excluding tert-OH is 1. The zero-order valence-electron chi connectivity index (χ0n) is 21.2. The molecular formula is C30H31NO5. The van der Waals surface area contributed by atoms with Gasteiger partial charge in [0.1, 0.15) is 17.3 Å². The van der Waals surface area contributed by atoms with E-state index < -0.39 is 17.7 Å². The predicted molar refractivity (Wildman–Crippen MR) is 140 cm³/mol. The first kappa shape index (κ1) is 25.0. The molecule has 1 aliphatic heterocycles. The minimum Gasteiger partial charge on any atom is -0.507 e. The van der Waals surface area contributed by atoms with Crippen LogP contribution in [0, 0.1) is 19.8 Å². The fourth-order valence-electron chi connectivity index (χ4n) is 4.37. The van der Waals surface area contributed by atoms with Crippen molar-refractivity contribution in [1.82, 2.24) is 0 Å². The molecule has 6 heteroatoms. The highest BCUT2D eigenvalue weighted by atomic mass is 16.5. The van der Waals surface area contributed by atoms with Crippen molar-refractivity contribution in [2.24, 2.45) is 5.92 Å². The highest BCUT2D eigenvalue weighted by molar-refractivity contribution is 6.51. The molecular weight excluding hydrogens is 454 g/mol. The molecule has 1 unspecified atom stereocenters. The van der Waals surface area contributed by atoms with E-state index in [0.717, 1.165) is 16.7 Å². The average Bonchev–Trinajstić information content (AvgIpc) is 3.13. The molecule has 0 aliphatic carbocycles. The second-order valence-electron chi connectivity index (χ2n) is 9.49. The molecule has 3 aromatic rings. The van der Waals surface area contributed by atoms with E-state index in [9.17, 15) is 14.7 Å². The topological polar surface area (TPSA) is 76.1 Å². The first-order valence-corrected chi connectivity index (χ1v) is 12.0. The monoisotopic (exact) mass is 485 g/mol. The van der Waals surface area contributed by atoms with Crippen LogP contribution in [0.2, 0.25) is 0 Å². The van der Waals surface area contributed by atoms with Crippen LogP contribution in [0.3, 0.4) is 0 Å². The SMILES string of the molecule is COc1ccc(C)cc1/C(O)=C1\C(=O)C(=O)N(c2ccc(OCC(C)C)cc2)C1c1cccc(C)c1. The zero-order valence-corrected chi connectivity index (χ0v) is 21.2. The Labute approximate surface area is 211 Å². The molecule has 0 aromatic heterocycles. The highest BCUT2D eigenvalue weighted by Crippen LogP contribution is 2.43. The molecule has 0 spiro atoms. The minimum atomic E-state index is -0.808. The largest absolute Gasteiger partial charge is 0.507 e. The molecule has 4 rings (SSSR count). The molecule has 1 saturated heterocycles. The molecule has 186 valence electrons. The van der Waals surface area contributed by atoms with Crippen molar-refractivity contribution in [3.05, 3.63) is 94.6 Å². The molecule has 0 bridgehead atoms. The fourth-order valence-corrected chi connectivity index (χ4v) is 4.37. The summed E-state index contributed by atoms with van der Waals surface area (Å²) >= 11 is 0. The second-order valence-corrected chi connectivity index (χ2v) is 9.49. The maximum atomic E-state index is 13.4. The van der Waals surface area contributed by atoms with Gasteiger partial charge in [-0.2, -0.15) is 0 Å². The van der Waals surface area contributed by atoms with Gasteiger partial charge in [-0.3, -0.25) is 14.5 Å². The number of hydrogen-bond acceptors (Lipinski definition) is 5. The molecule has 1 fully saturated rings. The third-order valence-electron chi connectivity index (χ3n) is 6.11. The van der Waals surface area contributed by atoms with Crippen molar-refractivity contribution in [3.63, 3.8) is 0 Å². The Morgan fingerprint density at radius 3 is 2.31 bits per heavy atom. The van der Waals surface area contributed by atoms with Crippen LogP contribution in [0.25, 0.3) is 5.76 Å². The van der Waals surface area contributed by atoms with Crippen molar-refractivity contribution in [3.8, 4) is 11.5 Å². The van der Waals surface area contributed by atoms with Crippen molar-refractivity contribution in [2.45, 2.75) is 33.7 Å². The van der Waals surface area contributed by atoms with Crippen molar-refractivity contribution in [2.75, 3.05) is 18.6 Å². The Balaban J connectivity index is 1.87. The quantitative estimate of drug-likeness (QED) is 0.253. The van der Waals surface area contributed by atoms with E-state index in [0.29, 0.717) is 35.3 Å². The van der Waals surface area contributed by atoms with Crippen LogP contribution in [0.4, 0.5) is 5.69 Å². The summed E-state index contributed by atoms with van der Waals surface area (Å²) in [4.78, 5) is 28.3. The third kappa shape index (κ3) is 4.85. The lowest BCUT2D eigenvalue weighted by Gasteiger charge is -2.26. The van der Waals surface area contributed by atoms with Crippen molar-refractivity contribution < 1.29 is 24.2 Å². The number of carbonyl (C=O) groups is 2. The molecule has 1 heterocycles. The van der Waals surface area contributed by atoms with E-state index in [-0.39, 0.29) is 11.3 Å². The molecule has 1 N–H and O–H groups in total. The number of anilines is 1. The summed E-state index contributed by atoms with van der Waals surface area (Å²) in [7, 11) is 1.50. The Kier molecular flexibility index (Phi) is 7.15. The van der Waals surface area contributed by atoms with E-state index >= 15 is 0 Å². The second kappa shape index (κ2) is 10.3. The number of carbonyl (C=O) groups excluding carboxylic acids is 2. The molecule has 0 saturated carbocycles. The van der Waals surface area contributed by atoms with Gasteiger partial charge in [0, 0.05) is 5.69 Å². The maximum Gasteiger partial charge on any atom is 0.300 e. The molecule has 1 atom stereocenters. The first-order valence-electron chi connectivity index (χ1n) is 12.0. The van der Waals surface area contributed by atoms with Crippen LogP contribution in [-0.4, -0.2) is 30.5 Å². The van der Waals surface area contributed by atoms with Gasteiger partial charge in [-0.05, 0) is 61.7 Å². The minimum absolute atomic E-state index is 0.0228. The van der Waals surface area contributed by atoms with E-state index in [1.807, 2.05) is 44.2 Å². The summed E-state index contributed by atoms with van der Waals surface area (Å²) in [5.41, 5.74) is 3.51. The number of hydrogen-bond donors (Lipinski definition) is 1. The summed E-state index contributed by atoms with van der Waals surface area (Å²) in [6.07, 6.45) is 0. The maximum absolute atomic E-state index is 13.4. The van der Waals surface area contributed by atoms with Gasteiger partial charge in [0.2, 0.25) is 0 Å². The standard InChI is InChI=1S/C30H31NO5/c1-18(2)17-36-23-12-10-22(11-13-23)31-27(21-8-6-7-19(3)15-21)26(29(33)30(31)34)28(32)24-16-20(4)9-14-25(24)35-5/h6-16,18,27,32H,17H2,1-5H3/b28-26+. The molecule has 6 nitrogen and oxygen atoms in total. The van der Waals surface area contributed by atoms with E-state index in [4.69, 9.17) is 9.47 Å². The van der Waals surface area contributed by atoms with E-state index in [2.05, 4.69) is 13.8 Å². The predicted octanol–water partition coefficient (Wildman–Crippen LogP) is 5.97. The summed E-state index contributed by atoms with van der Waals surface area (Å²) in [5, 5.41) is 11.5. The Hall–Kier alpha value is -4.06. The number of aryl methyl sites for hydroxylation is 2. The van der Waals surface area contributed by atoms with Gasteiger partial charge in [0.15, 0.2) is 0 Å². The van der Waals surface area contributed by atoms with Gasteiger partial charge in [-0.15, -0.1) is 0 Å². The number of methoxy groups -OCH3 is 1. The number of ether oxygens (including phenoxy) is 2. The molecule has 0 radical (unpaired) electrons. The van der Waals surface area contributed by atoms with Crippen LogP contribution in [0.15, 0.2) is 72.3 Å². The lowest BCUT2D eigenvalue weighted by molar-refractivity contribution is -0.132. The number of rotatable bonds is 7. The third-order valence-corrected chi connectivity index (χ3v) is 6.11. The van der Waals surface area contributed by atoms with Gasteiger partial charge >= 0.3 is 0 Å². The zero-order chi connectivity index (χ0) is 26.0. The number of ketones is 1. The lowest BCUT2D eigenvalue weighted by Crippen LogP contribution is -2.29. The normalized spacial score (nSPS) is 17.1. The van der Waals surface area contributed by atoms with Gasteiger partial charge in [0.25, 0.3) is 11.7 Å². The summed E-state index contributed by atoms with van der Waals surface area (Å²) in [5.74, 6) is -0.241. The Morgan fingerprint density at radius 1 is 0.972 bits per heavy atom. The fraction of sp³-hybridized carbons (Fsp3) is 0.267. The Bertz CT molecular complexity index is 1320. The average molecular weight is 486 g/mol.